The first-order chi connectivity index (χ1) is 11.0. The Bertz CT molecular complexity index is 591. The highest BCUT2D eigenvalue weighted by Crippen LogP contribution is 2.12. The number of piperazine rings is 1. The van der Waals surface area contributed by atoms with Crippen molar-refractivity contribution in [1.82, 2.24) is 10.2 Å². The number of hydrogen-bond donors (Lipinski definition) is 2. The fourth-order valence-electron chi connectivity index (χ4n) is 2.33. The van der Waals surface area contributed by atoms with Gasteiger partial charge in [0.2, 0.25) is 11.8 Å². The topological polar surface area (TPSA) is 87.7 Å². The number of carbonyl (C=O) groups excluding carboxylic acids is 3. The summed E-state index contributed by atoms with van der Waals surface area (Å²) in [6.07, 6.45) is -0.119. The zero-order chi connectivity index (χ0) is 16.8. The highest BCUT2D eigenvalue weighted by Gasteiger charge is 2.32. The highest BCUT2D eigenvalue weighted by atomic mass is 19.1. The maximum atomic E-state index is 12.8. The minimum Gasteiger partial charge on any atom is -0.469 e. The summed E-state index contributed by atoms with van der Waals surface area (Å²) in [6, 6.07) is 4.63. The van der Waals surface area contributed by atoms with Crippen molar-refractivity contribution in [3.63, 3.8) is 0 Å². The predicted octanol–water partition coefficient (Wildman–Crippen LogP) is 0.128. The van der Waals surface area contributed by atoms with Gasteiger partial charge in [0.05, 0.1) is 20.1 Å². The van der Waals surface area contributed by atoms with Gasteiger partial charge in [-0.25, -0.2) is 4.39 Å². The number of carbonyl (C=O) groups is 3. The Hall–Kier alpha value is -2.48. The van der Waals surface area contributed by atoms with Gasteiger partial charge in [0, 0.05) is 18.8 Å². The second-order valence-electron chi connectivity index (χ2n) is 5.11. The molecule has 0 bridgehead atoms. The van der Waals surface area contributed by atoms with E-state index in [1.807, 2.05) is 0 Å². The van der Waals surface area contributed by atoms with Crippen LogP contribution in [-0.4, -0.2) is 55.5 Å². The van der Waals surface area contributed by atoms with Gasteiger partial charge in [-0.15, -0.1) is 0 Å². The van der Waals surface area contributed by atoms with Crippen LogP contribution in [0.3, 0.4) is 0 Å². The Labute approximate surface area is 132 Å². The molecule has 0 radical (unpaired) electrons. The number of anilines is 1. The SMILES string of the molecule is COC(=O)C[C@H]1C(=O)NCCN1CC(=O)Nc1ccc(F)cc1. The Balaban J connectivity index is 1.97. The zero-order valence-electron chi connectivity index (χ0n) is 12.7. The van der Waals surface area contributed by atoms with Crippen LogP contribution < -0.4 is 10.6 Å². The quantitative estimate of drug-likeness (QED) is 0.752. The van der Waals surface area contributed by atoms with E-state index in [1.54, 1.807) is 4.90 Å². The molecule has 1 aromatic carbocycles. The van der Waals surface area contributed by atoms with Gasteiger partial charge in [-0.1, -0.05) is 0 Å². The molecule has 1 aliphatic rings. The van der Waals surface area contributed by atoms with E-state index in [0.717, 1.165) is 0 Å². The van der Waals surface area contributed by atoms with Crippen molar-refractivity contribution in [2.45, 2.75) is 12.5 Å². The fraction of sp³-hybridized carbons (Fsp3) is 0.400. The molecule has 0 aromatic heterocycles. The molecule has 2 rings (SSSR count). The van der Waals surface area contributed by atoms with Crippen LogP contribution in [0.5, 0.6) is 0 Å². The lowest BCUT2D eigenvalue weighted by Gasteiger charge is -2.33. The molecule has 1 aliphatic heterocycles. The number of benzene rings is 1. The molecule has 1 atom stereocenters. The Morgan fingerprint density at radius 3 is 2.74 bits per heavy atom. The largest absolute Gasteiger partial charge is 0.469 e. The van der Waals surface area contributed by atoms with E-state index >= 15 is 0 Å². The Kier molecular flexibility index (Phi) is 5.64. The molecule has 23 heavy (non-hydrogen) atoms. The molecule has 1 fully saturated rings. The summed E-state index contributed by atoms with van der Waals surface area (Å²) in [6.45, 7) is 0.803. The molecule has 2 amide bonds. The number of nitrogens with zero attached hydrogens (tertiary/aromatic N) is 1. The first-order valence-electron chi connectivity index (χ1n) is 7.13. The predicted molar refractivity (Wildman–Crippen MR) is 80.0 cm³/mol. The maximum absolute atomic E-state index is 12.8. The van der Waals surface area contributed by atoms with Crippen molar-refractivity contribution in [2.24, 2.45) is 0 Å². The molecule has 124 valence electrons. The highest BCUT2D eigenvalue weighted by molar-refractivity contribution is 5.93. The second-order valence-corrected chi connectivity index (χ2v) is 5.11. The number of amides is 2. The van der Waals surface area contributed by atoms with E-state index in [-0.39, 0.29) is 24.8 Å². The van der Waals surface area contributed by atoms with E-state index in [0.29, 0.717) is 18.8 Å². The summed E-state index contributed by atoms with van der Waals surface area (Å²) in [7, 11) is 1.24. The van der Waals surface area contributed by atoms with Crippen LogP contribution in [0.15, 0.2) is 24.3 Å². The minimum absolute atomic E-state index is 0.0491. The monoisotopic (exact) mass is 323 g/mol. The lowest BCUT2D eigenvalue weighted by molar-refractivity contribution is -0.146. The maximum Gasteiger partial charge on any atom is 0.307 e. The Morgan fingerprint density at radius 2 is 2.09 bits per heavy atom. The van der Waals surface area contributed by atoms with Crippen LogP contribution in [-0.2, 0) is 19.1 Å². The van der Waals surface area contributed by atoms with Gasteiger partial charge in [0.1, 0.15) is 11.9 Å². The van der Waals surface area contributed by atoms with Crippen LogP contribution in [0.25, 0.3) is 0 Å². The number of methoxy groups -OCH3 is 1. The summed E-state index contributed by atoms with van der Waals surface area (Å²) in [5.74, 6) is -1.57. The lowest BCUT2D eigenvalue weighted by Crippen LogP contribution is -2.57. The van der Waals surface area contributed by atoms with Crippen molar-refractivity contribution in [1.29, 1.82) is 0 Å². The lowest BCUT2D eigenvalue weighted by atomic mass is 10.1. The van der Waals surface area contributed by atoms with E-state index in [1.165, 1.54) is 31.4 Å². The van der Waals surface area contributed by atoms with Crippen LogP contribution in [0, 0.1) is 5.82 Å². The normalized spacial score (nSPS) is 18.2. The summed E-state index contributed by atoms with van der Waals surface area (Å²) >= 11 is 0. The van der Waals surface area contributed by atoms with Crippen LogP contribution in [0.4, 0.5) is 10.1 Å². The van der Waals surface area contributed by atoms with Gasteiger partial charge in [0.15, 0.2) is 0 Å². The van der Waals surface area contributed by atoms with Crippen molar-refractivity contribution in [3.05, 3.63) is 30.1 Å². The average Bonchev–Trinajstić information content (AvgIpc) is 2.52. The molecular formula is C15H18FN3O4. The van der Waals surface area contributed by atoms with Crippen molar-refractivity contribution >= 4 is 23.5 Å². The van der Waals surface area contributed by atoms with E-state index in [4.69, 9.17) is 0 Å². The number of ether oxygens (including phenoxy) is 1. The Morgan fingerprint density at radius 1 is 1.39 bits per heavy atom. The minimum atomic E-state index is -0.741. The van der Waals surface area contributed by atoms with Crippen LogP contribution in [0.2, 0.25) is 0 Å². The van der Waals surface area contributed by atoms with Gasteiger partial charge >= 0.3 is 5.97 Å². The number of hydrogen-bond acceptors (Lipinski definition) is 5. The van der Waals surface area contributed by atoms with Gasteiger partial charge in [-0.2, -0.15) is 0 Å². The molecule has 1 saturated heterocycles. The number of rotatable bonds is 5. The number of esters is 1. The first-order valence-corrected chi connectivity index (χ1v) is 7.13. The molecule has 1 heterocycles. The fourth-order valence-corrected chi connectivity index (χ4v) is 2.33. The van der Waals surface area contributed by atoms with Gasteiger partial charge in [-0.05, 0) is 24.3 Å². The van der Waals surface area contributed by atoms with E-state index < -0.39 is 17.8 Å². The third-order valence-corrected chi connectivity index (χ3v) is 3.50. The third kappa shape index (κ3) is 4.75. The standard InChI is InChI=1S/C15H18FN3O4/c1-23-14(21)8-12-15(22)17-6-7-19(12)9-13(20)18-11-4-2-10(16)3-5-11/h2-5,12H,6-9H2,1H3,(H,17,22)(H,18,20)/t12-/m0/s1. The summed E-state index contributed by atoms with van der Waals surface area (Å²) in [5.41, 5.74) is 0.461. The summed E-state index contributed by atoms with van der Waals surface area (Å²) in [4.78, 5) is 37.0. The smallest absolute Gasteiger partial charge is 0.307 e. The zero-order valence-corrected chi connectivity index (χ0v) is 12.7. The molecule has 1 aromatic rings. The summed E-state index contributed by atoms with van der Waals surface area (Å²) in [5, 5.41) is 5.28. The third-order valence-electron chi connectivity index (χ3n) is 3.50. The molecule has 7 nitrogen and oxygen atoms in total. The molecule has 8 heteroatoms. The van der Waals surface area contributed by atoms with E-state index in [2.05, 4.69) is 15.4 Å². The molecular weight excluding hydrogens is 305 g/mol. The van der Waals surface area contributed by atoms with E-state index in [9.17, 15) is 18.8 Å². The second kappa shape index (κ2) is 7.68. The van der Waals surface area contributed by atoms with Gasteiger partial charge in [0.25, 0.3) is 0 Å². The van der Waals surface area contributed by atoms with Crippen LogP contribution >= 0.6 is 0 Å². The number of halogens is 1. The molecule has 0 spiro atoms. The van der Waals surface area contributed by atoms with Crippen molar-refractivity contribution in [2.75, 3.05) is 32.1 Å². The molecule has 0 unspecified atom stereocenters. The first kappa shape index (κ1) is 16.9. The molecule has 0 aliphatic carbocycles. The average molecular weight is 323 g/mol. The van der Waals surface area contributed by atoms with Crippen molar-refractivity contribution in [3.8, 4) is 0 Å². The molecule has 2 N–H and O–H groups in total. The van der Waals surface area contributed by atoms with Crippen LogP contribution in [0.1, 0.15) is 6.42 Å². The summed E-state index contributed by atoms with van der Waals surface area (Å²) < 4.78 is 17.4. The number of nitrogens with one attached hydrogen (secondary N) is 2. The van der Waals surface area contributed by atoms with Crippen molar-refractivity contribution < 1.29 is 23.5 Å². The van der Waals surface area contributed by atoms with Gasteiger partial charge < -0.3 is 15.4 Å². The van der Waals surface area contributed by atoms with Gasteiger partial charge in [-0.3, -0.25) is 19.3 Å². The molecule has 0 saturated carbocycles.